The van der Waals surface area contributed by atoms with Crippen LogP contribution in [0.4, 0.5) is 34.1 Å². The lowest BCUT2D eigenvalue weighted by molar-refractivity contribution is 0.423. The van der Waals surface area contributed by atoms with E-state index in [0.717, 1.165) is 34.1 Å². The largest absolute Gasteiger partial charge is 0.335 e. The normalized spacial score (nSPS) is 13.2. The van der Waals surface area contributed by atoms with Gasteiger partial charge in [0.1, 0.15) is 0 Å². The summed E-state index contributed by atoms with van der Waals surface area (Å²) >= 11 is 0. The summed E-state index contributed by atoms with van der Waals surface area (Å²) in [5.41, 5.74) is 21.5. The first-order chi connectivity index (χ1) is 42.3. The number of hydrogen-bond acceptors (Lipinski definition) is 2. The zero-order valence-electron chi connectivity index (χ0n) is 52.5. The van der Waals surface area contributed by atoms with Crippen molar-refractivity contribution in [3.63, 3.8) is 0 Å². The van der Waals surface area contributed by atoms with E-state index in [4.69, 9.17) is 0 Å². The highest BCUT2D eigenvalue weighted by Gasteiger charge is 2.32. The van der Waals surface area contributed by atoms with Crippen LogP contribution >= 0.6 is 0 Å². The summed E-state index contributed by atoms with van der Waals surface area (Å²) in [5.74, 6) is 0. The Labute approximate surface area is 513 Å². The van der Waals surface area contributed by atoms with Crippen LogP contribution in [0.1, 0.15) is 94.2 Å². The molecule has 0 spiro atoms. The van der Waals surface area contributed by atoms with E-state index in [1.165, 1.54) is 131 Å². The Balaban J connectivity index is 0.942. The molecule has 17 rings (SSSR count). The molecule has 88 heavy (non-hydrogen) atoms. The van der Waals surface area contributed by atoms with Gasteiger partial charge in [0.2, 0.25) is 0 Å². The summed E-state index contributed by atoms with van der Waals surface area (Å²) in [4.78, 5) is 5.13. The van der Waals surface area contributed by atoms with E-state index in [0.29, 0.717) is 0 Å². The van der Waals surface area contributed by atoms with Gasteiger partial charge in [-0.1, -0.05) is 163 Å². The van der Waals surface area contributed by atoms with Crippen molar-refractivity contribution >= 4 is 154 Å². The minimum absolute atomic E-state index is 0.00213. The Hall–Kier alpha value is -9.78. The van der Waals surface area contributed by atoms with Crippen molar-refractivity contribution in [1.82, 2.24) is 17.9 Å². The maximum Gasteiger partial charge on any atom is 0.0641 e. The van der Waals surface area contributed by atoms with Gasteiger partial charge >= 0.3 is 0 Å². The lowest BCUT2D eigenvalue weighted by Gasteiger charge is -2.29. The first-order valence-electron chi connectivity index (χ1n) is 31.4. The number of fused-ring (bicyclic) bond motifs is 18. The van der Waals surface area contributed by atoms with E-state index in [-0.39, 0.29) is 21.9 Å². The number of aromatic nitrogens is 4. The third-order valence-electron chi connectivity index (χ3n) is 19.4. The fourth-order valence-electron chi connectivity index (χ4n) is 15.7. The predicted molar refractivity (Wildman–Crippen MR) is 379 cm³/mol. The zero-order chi connectivity index (χ0) is 60.2. The summed E-state index contributed by atoms with van der Waals surface area (Å²) in [6.07, 6.45) is 0. The zero-order valence-corrected chi connectivity index (χ0v) is 52.5. The van der Waals surface area contributed by atoms with Gasteiger partial charge in [0.05, 0.1) is 66.9 Å². The smallest absolute Gasteiger partial charge is 0.0641 e. The van der Waals surface area contributed by atoms with E-state index in [1.807, 2.05) is 0 Å². The van der Waals surface area contributed by atoms with Crippen LogP contribution in [-0.2, 0) is 21.9 Å². The molecule has 6 heteroatoms. The van der Waals surface area contributed by atoms with E-state index in [1.54, 1.807) is 0 Å². The second-order valence-electron chi connectivity index (χ2n) is 29.0. The number of rotatable bonds is 6. The van der Waals surface area contributed by atoms with Gasteiger partial charge in [-0.25, -0.2) is 0 Å². The highest BCUT2D eigenvalue weighted by Crippen LogP contribution is 2.54. The van der Waals surface area contributed by atoms with E-state index < -0.39 is 0 Å². The summed E-state index contributed by atoms with van der Waals surface area (Å²) in [6.45, 7) is 27.8. The molecule has 0 N–H and O–H groups in total. The van der Waals surface area contributed by atoms with Crippen LogP contribution in [0.2, 0.25) is 0 Å². The quantitative estimate of drug-likeness (QED) is 0.166. The molecule has 0 aliphatic heterocycles. The van der Waals surface area contributed by atoms with Crippen LogP contribution in [0.5, 0.6) is 0 Å². The molecule has 430 valence electrons. The van der Waals surface area contributed by atoms with Gasteiger partial charge in [-0.15, -0.1) is 0 Å². The highest BCUT2D eigenvalue weighted by atomic mass is 15.2. The number of anilines is 6. The molecule has 0 amide bonds. The minimum Gasteiger partial charge on any atom is -0.335 e. The van der Waals surface area contributed by atoms with Crippen LogP contribution in [0, 0.1) is 0 Å². The molecule has 0 aliphatic rings. The van der Waals surface area contributed by atoms with Crippen molar-refractivity contribution in [3.05, 3.63) is 230 Å². The number of benzene rings is 11. The molecule has 0 fully saturated rings. The third-order valence-corrected chi connectivity index (χ3v) is 19.4. The molecule has 0 unspecified atom stereocenters. The first-order valence-corrected chi connectivity index (χ1v) is 31.4. The second-order valence-corrected chi connectivity index (χ2v) is 29.0. The van der Waals surface area contributed by atoms with Gasteiger partial charge < -0.3 is 27.7 Å². The predicted octanol–water partition coefficient (Wildman–Crippen LogP) is 23.2. The van der Waals surface area contributed by atoms with Crippen LogP contribution in [0.15, 0.2) is 218 Å². The average Bonchev–Trinajstić information content (AvgIpc) is 1.56. The summed E-state index contributed by atoms with van der Waals surface area (Å²) in [7, 11) is 0. The Morgan fingerprint density at radius 2 is 0.568 bits per heavy atom. The maximum atomic E-state index is 2.58. The Bertz CT molecular complexity index is 5360. The maximum absolute atomic E-state index is 2.58. The monoisotopic (exact) mass is 1140 g/mol. The number of para-hydroxylation sites is 4. The molecule has 0 saturated heterocycles. The van der Waals surface area contributed by atoms with Crippen LogP contribution in [0.25, 0.3) is 120 Å². The molecule has 6 aromatic heterocycles. The Morgan fingerprint density at radius 3 is 0.920 bits per heavy atom. The molecule has 0 saturated carbocycles. The molecule has 17 aromatic rings. The van der Waals surface area contributed by atoms with Gasteiger partial charge in [-0.2, -0.15) is 0 Å². The topological polar surface area (TPSA) is 25.2 Å². The second kappa shape index (κ2) is 17.9. The van der Waals surface area contributed by atoms with Crippen molar-refractivity contribution in [3.8, 4) is 0 Å². The molecule has 0 bridgehead atoms. The minimum atomic E-state index is -0.155. The van der Waals surface area contributed by atoms with Crippen LogP contribution in [0.3, 0.4) is 0 Å². The van der Waals surface area contributed by atoms with Gasteiger partial charge in [0, 0.05) is 98.1 Å². The lowest BCUT2D eigenvalue weighted by Crippen LogP contribution is -2.21. The average molecular weight is 1140 g/mol. The van der Waals surface area contributed by atoms with Crippen molar-refractivity contribution in [1.29, 1.82) is 0 Å². The van der Waals surface area contributed by atoms with Crippen molar-refractivity contribution < 1.29 is 0 Å². The van der Waals surface area contributed by atoms with E-state index in [2.05, 4.69) is 329 Å². The van der Waals surface area contributed by atoms with Crippen LogP contribution < -0.4 is 9.80 Å². The summed E-state index contributed by atoms with van der Waals surface area (Å²) in [5, 5.41) is 15.0. The van der Waals surface area contributed by atoms with Gasteiger partial charge in [0.25, 0.3) is 0 Å². The standard InChI is InChI=1S/C82H72N6/c1-79(2,3)49-35-39-51(40-36-49)83(65-31-21-33-69-73(65)57-25-15-19-29-63(57)87(69)81(7,8)9)67-45-43-53-59-47-72-60(48-71(59)85-61-27-17-13-23-55(61)75(67)77(53)85)54-44-46-68(76-56-24-14-18-28-62(56)86(72)78(54)76)84(52-41-37-50(38-42-52)80(4,5)6)66-32-22-34-70-74(66)58-26-16-20-30-64(58)88(70)82(10,11)12/h13-48H,1-12H3. The fraction of sp³-hybridized carbons (Fsp3) is 0.195. The fourth-order valence-corrected chi connectivity index (χ4v) is 15.7. The molecule has 0 atom stereocenters. The number of nitrogens with zero attached hydrogens (tertiary/aromatic N) is 6. The molecule has 0 aliphatic carbocycles. The molecular formula is C82H72N6. The third kappa shape index (κ3) is 7.23. The number of hydrogen-bond donors (Lipinski definition) is 0. The van der Waals surface area contributed by atoms with Gasteiger partial charge in [-0.05, 0) is 161 Å². The summed E-state index contributed by atoms with van der Waals surface area (Å²) in [6, 6.07) is 83.5. The Morgan fingerprint density at radius 1 is 0.250 bits per heavy atom. The molecule has 6 heterocycles. The van der Waals surface area contributed by atoms with E-state index >= 15 is 0 Å². The lowest BCUT2D eigenvalue weighted by atomic mass is 9.87. The molecule has 0 radical (unpaired) electrons. The van der Waals surface area contributed by atoms with Gasteiger partial charge in [0.15, 0.2) is 0 Å². The van der Waals surface area contributed by atoms with Crippen molar-refractivity contribution in [2.45, 2.75) is 105 Å². The molecule has 11 aromatic carbocycles. The van der Waals surface area contributed by atoms with Crippen molar-refractivity contribution in [2.24, 2.45) is 0 Å². The van der Waals surface area contributed by atoms with Crippen LogP contribution in [-0.4, -0.2) is 17.9 Å². The van der Waals surface area contributed by atoms with Crippen molar-refractivity contribution in [2.75, 3.05) is 9.80 Å². The highest BCUT2D eigenvalue weighted by molar-refractivity contribution is 6.33. The Kier molecular flexibility index (Phi) is 10.7. The van der Waals surface area contributed by atoms with E-state index in [9.17, 15) is 0 Å². The molecular weight excluding hydrogens is 1070 g/mol. The molecule has 6 nitrogen and oxygen atoms in total. The SMILES string of the molecule is CC(C)(C)c1ccc(N(c2cccc3c2c2ccccc2n3C(C)(C)C)c2ccc3c4cc5c(cc4n4c6ccccc6c2c34)c2ccc(N(c3ccc(C(C)(C)C)cc3)c3cccc4c3c3ccccc3n4C(C)(C)C)c3c4ccccc4n5c23)cc1. The first kappa shape index (κ1) is 52.5. The summed E-state index contributed by atoms with van der Waals surface area (Å²) < 4.78 is 10.2. The van der Waals surface area contributed by atoms with Gasteiger partial charge in [-0.3, -0.25) is 0 Å².